The number of hydrogen-bond acceptors (Lipinski definition) is 7. The number of methoxy groups -OCH3 is 1. The molecule has 1 aliphatic heterocycles. The van der Waals surface area contributed by atoms with E-state index in [0.717, 1.165) is 22.1 Å². The summed E-state index contributed by atoms with van der Waals surface area (Å²) in [5.41, 5.74) is -1.31. The predicted molar refractivity (Wildman–Crippen MR) is 79.2 cm³/mol. The summed E-state index contributed by atoms with van der Waals surface area (Å²) in [5.74, 6) is 0. The lowest BCUT2D eigenvalue weighted by atomic mass is 10.1. The maximum atomic E-state index is 11.8. The van der Waals surface area contributed by atoms with Gasteiger partial charge in [0.1, 0.15) is 18.3 Å². The van der Waals surface area contributed by atoms with Crippen LogP contribution >= 0.6 is 0 Å². The fourth-order valence-corrected chi connectivity index (χ4v) is 2.69. The second-order valence-corrected chi connectivity index (χ2v) is 6.55. The van der Waals surface area contributed by atoms with Crippen molar-refractivity contribution in [1.82, 2.24) is 14.3 Å². The fraction of sp³-hybridized carbons (Fsp3) is 0.500. The normalized spacial score (nSPS) is 28.5. The molecule has 1 aromatic heterocycles. The van der Waals surface area contributed by atoms with Gasteiger partial charge >= 0.3 is 5.69 Å². The van der Waals surface area contributed by atoms with Crippen molar-refractivity contribution in [2.24, 2.45) is 0 Å². The second-order valence-electron chi connectivity index (χ2n) is 4.78. The van der Waals surface area contributed by atoms with E-state index < -0.39 is 45.8 Å². The zero-order valence-corrected chi connectivity index (χ0v) is 13.2. The first-order chi connectivity index (χ1) is 10.8. The highest BCUT2D eigenvalue weighted by Crippen LogP contribution is 2.31. The van der Waals surface area contributed by atoms with Gasteiger partial charge in [-0.25, -0.2) is 17.9 Å². The molecule has 3 N–H and O–H groups in total. The van der Waals surface area contributed by atoms with Crippen LogP contribution in [0.25, 0.3) is 0 Å². The zero-order chi connectivity index (χ0) is 17.2. The molecule has 4 atom stereocenters. The van der Waals surface area contributed by atoms with Crippen LogP contribution in [0.3, 0.4) is 0 Å². The average Bonchev–Trinajstić information content (AvgIpc) is 2.81. The van der Waals surface area contributed by atoms with Crippen LogP contribution in [0.15, 0.2) is 33.3 Å². The van der Waals surface area contributed by atoms with Crippen molar-refractivity contribution < 1.29 is 23.0 Å². The zero-order valence-electron chi connectivity index (χ0n) is 12.4. The van der Waals surface area contributed by atoms with Crippen LogP contribution in [0.5, 0.6) is 0 Å². The number of hydrogen-bond donors (Lipinski definition) is 3. The number of nitrogens with zero attached hydrogens (tertiary/aromatic N) is 1. The molecular formula is C12H17N3O7S. The summed E-state index contributed by atoms with van der Waals surface area (Å²) in [6, 6.07) is 1.12. The molecule has 0 aromatic carbocycles. The Morgan fingerprint density at radius 2 is 2.17 bits per heavy atom. The Balaban J connectivity index is 2.32. The predicted octanol–water partition coefficient (Wildman–Crippen LogP) is -2.13. The Hall–Kier alpha value is -1.79. The highest BCUT2D eigenvalue weighted by Gasteiger charge is 2.44. The Morgan fingerprint density at radius 1 is 1.48 bits per heavy atom. The van der Waals surface area contributed by atoms with E-state index in [2.05, 4.69) is 9.71 Å². The van der Waals surface area contributed by atoms with Crippen LogP contribution in [-0.4, -0.2) is 55.5 Å². The lowest BCUT2D eigenvalue weighted by Gasteiger charge is -2.19. The van der Waals surface area contributed by atoms with E-state index in [-0.39, 0.29) is 0 Å². The Labute approximate surface area is 131 Å². The van der Waals surface area contributed by atoms with Crippen LogP contribution in [0.4, 0.5) is 0 Å². The van der Waals surface area contributed by atoms with Gasteiger partial charge in [-0.1, -0.05) is 0 Å². The smallest absolute Gasteiger partial charge is 0.330 e. The van der Waals surface area contributed by atoms with Crippen LogP contribution in [0, 0.1) is 0 Å². The van der Waals surface area contributed by atoms with Crippen LogP contribution in [0.1, 0.15) is 6.23 Å². The Bertz CT molecular complexity index is 797. The molecule has 0 bridgehead atoms. The van der Waals surface area contributed by atoms with Gasteiger partial charge in [-0.2, -0.15) is 0 Å². The Kier molecular flexibility index (Phi) is 5.16. The third-order valence-corrected chi connectivity index (χ3v) is 4.46. The molecule has 0 radical (unpaired) electrons. The summed E-state index contributed by atoms with van der Waals surface area (Å²) in [4.78, 5) is 25.0. The van der Waals surface area contributed by atoms with Crippen molar-refractivity contribution in [3.05, 3.63) is 44.6 Å². The standard InChI is InChI=1S/C12H17N3O7S/c1-13-23(19,20)6-4-7-9(17)10(21-2)11(22-7)15-5-3-8(16)14-12(15)18/h3-7,9-11,13,17H,1-2H3,(H,14,16,18)/b6-4+/t7-,9-,10-,11-/m1/s1. The van der Waals surface area contributed by atoms with Gasteiger partial charge in [-0.15, -0.1) is 0 Å². The topological polar surface area (TPSA) is 140 Å². The van der Waals surface area contributed by atoms with Gasteiger partial charge in [0, 0.05) is 24.8 Å². The highest BCUT2D eigenvalue weighted by atomic mass is 32.2. The van der Waals surface area contributed by atoms with E-state index in [1.807, 2.05) is 0 Å². The molecule has 128 valence electrons. The number of aliphatic hydroxyl groups is 1. The maximum Gasteiger partial charge on any atom is 0.330 e. The van der Waals surface area contributed by atoms with Crippen molar-refractivity contribution in [1.29, 1.82) is 0 Å². The molecule has 23 heavy (non-hydrogen) atoms. The third-order valence-electron chi connectivity index (χ3n) is 3.38. The van der Waals surface area contributed by atoms with Crippen molar-refractivity contribution in [3.63, 3.8) is 0 Å². The number of H-pyrrole nitrogens is 1. The van der Waals surface area contributed by atoms with Gasteiger partial charge in [0.25, 0.3) is 5.56 Å². The molecule has 1 aliphatic rings. The third kappa shape index (κ3) is 3.76. The number of rotatable bonds is 5. The molecule has 1 aromatic rings. The largest absolute Gasteiger partial charge is 0.387 e. The summed E-state index contributed by atoms with van der Waals surface area (Å²) < 4.78 is 36.6. The molecule has 11 heteroatoms. The summed E-state index contributed by atoms with van der Waals surface area (Å²) in [5, 5.41) is 11.0. The van der Waals surface area contributed by atoms with E-state index in [1.165, 1.54) is 20.4 Å². The number of aromatic nitrogens is 2. The van der Waals surface area contributed by atoms with Crippen LogP contribution in [-0.2, 0) is 19.5 Å². The maximum absolute atomic E-state index is 11.8. The monoisotopic (exact) mass is 347 g/mol. The molecule has 1 saturated heterocycles. The molecule has 0 unspecified atom stereocenters. The van der Waals surface area contributed by atoms with Gasteiger partial charge in [-0.3, -0.25) is 14.3 Å². The molecule has 2 heterocycles. The number of aliphatic hydroxyl groups excluding tert-OH is 1. The number of sulfonamides is 1. The van der Waals surface area contributed by atoms with E-state index >= 15 is 0 Å². The summed E-state index contributed by atoms with van der Waals surface area (Å²) >= 11 is 0. The van der Waals surface area contributed by atoms with Crippen molar-refractivity contribution in [2.75, 3.05) is 14.2 Å². The minimum absolute atomic E-state index is 0.574. The lowest BCUT2D eigenvalue weighted by Crippen LogP contribution is -2.38. The van der Waals surface area contributed by atoms with Gasteiger partial charge in [0.15, 0.2) is 6.23 Å². The first-order valence-corrected chi connectivity index (χ1v) is 8.13. The highest BCUT2D eigenvalue weighted by molar-refractivity contribution is 7.92. The van der Waals surface area contributed by atoms with Gasteiger partial charge in [0.2, 0.25) is 10.0 Å². The molecule has 0 spiro atoms. The van der Waals surface area contributed by atoms with Gasteiger partial charge in [-0.05, 0) is 13.1 Å². The molecule has 10 nitrogen and oxygen atoms in total. The first kappa shape index (κ1) is 17.6. The van der Waals surface area contributed by atoms with Crippen LogP contribution in [0.2, 0.25) is 0 Å². The lowest BCUT2D eigenvalue weighted by molar-refractivity contribution is -0.0491. The van der Waals surface area contributed by atoms with E-state index in [9.17, 15) is 23.1 Å². The fourth-order valence-electron chi connectivity index (χ4n) is 2.19. The number of aromatic amines is 1. The summed E-state index contributed by atoms with van der Waals surface area (Å²) in [7, 11) is -1.07. The van der Waals surface area contributed by atoms with E-state index in [1.54, 1.807) is 0 Å². The van der Waals surface area contributed by atoms with E-state index in [4.69, 9.17) is 9.47 Å². The minimum Gasteiger partial charge on any atom is -0.387 e. The molecule has 0 aliphatic carbocycles. The molecule has 1 fully saturated rings. The number of nitrogens with one attached hydrogen (secondary N) is 2. The molecular weight excluding hydrogens is 330 g/mol. The van der Waals surface area contributed by atoms with Gasteiger partial charge in [0.05, 0.1) is 0 Å². The summed E-state index contributed by atoms with van der Waals surface area (Å²) in [6.45, 7) is 0. The van der Waals surface area contributed by atoms with Gasteiger partial charge < -0.3 is 14.6 Å². The minimum atomic E-state index is -3.63. The first-order valence-electron chi connectivity index (χ1n) is 6.58. The Morgan fingerprint density at radius 3 is 2.74 bits per heavy atom. The van der Waals surface area contributed by atoms with Crippen molar-refractivity contribution in [3.8, 4) is 0 Å². The molecule has 0 saturated carbocycles. The van der Waals surface area contributed by atoms with Crippen molar-refractivity contribution in [2.45, 2.75) is 24.5 Å². The molecule has 0 amide bonds. The molecule has 2 rings (SSSR count). The van der Waals surface area contributed by atoms with Crippen molar-refractivity contribution >= 4 is 10.0 Å². The quantitative estimate of drug-likeness (QED) is 0.553. The van der Waals surface area contributed by atoms with E-state index in [0.29, 0.717) is 0 Å². The average molecular weight is 347 g/mol. The summed E-state index contributed by atoms with van der Waals surface area (Å²) in [6.07, 6.45) is -1.80. The SMILES string of the molecule is CNS(=O)(=O)/C=C/[C@H]1O[C@@H](n2ccc(=O)[nH]c2=O)[C@H](OC)[C@@H]1O. The second kappa shape index (κ2) is 6.76. The number of ether oxygens (including phenoxy) is 2. The van der Waals surface area contributed by atoms with Crippen LogP contribution < -0.4 is 16.0 Å².